The van der Waals surface area contributed by atoms with Crippen LogP contribution < -0.4 is 5.32 Å². The third-order valence-electron chi connectivity index (χ3n) is 3.67. The average molecular weight is 255 g/mol. The van der Waals surface area contributed by atoms with Crippen molar-refractivity contribution in [1.29, 1.82) is 0 Å². The summed E-state index contributed by atoms with van der Waals surface area (Å²) in [5.41, 5.74) is 0.369. The van der Waals surface area contributed by atoms with E-state index in [1.54, 1.807) is 0 Å². The summed E-state index contributed by atoms with van der Waals surface area (Å²) in [7, 11) is 2.21. The third-order valence-corrected chi connectivity index (χ3v) is 5.11. The monoisotopic (exact) mass is 255 g/mol. The van der Waals surface area contributed by atoms with E-state index in [-0.39, 0.29) is 0 Å². The fraction of sp³-hybridized carbons (Fsp3) is 0.923. The second-order valence-electron chi connectivity index (χ2n) is 6.35. The van der Waals surface area contributed by atoms with Crippen LogP contribution in [0.15, 0.2) is 4.99 Å². The molecule has 2 rings (SSSR count). The number of thioether (sulfide) groups is 1. The van der Waals surface area contributed by atoms with Gasteiger partial charge in [0.05, 0.1) is 0 Å². The van der Waals surface area contributed by atoms with Crippen LogP contribution in [0.5, 0.6) is 0 Å². The van der Waals surface area contributed by atoms with E-state index in [1.807, 2.05) is 11.8 Å². The zero-order valence-electron chi connectivity index (χ0n) is 11.5. The lowest BCUT2D eigenvalue weighted by molar-refractivity contribution is 0.187. The molecule has 1 fully saturated rings. The number of amidine groups is 1. The smallest absolute Gasteiger partial charge is 0.156 e. The molecule has 3 nitrogen and oxygen atoms in total. The quantitative estimate of drug-likeness (QED) is 0.777. The van der Waals surface area contributed by atoms with Gasteiger partial charge in [-0.2, -0.15) is 0 Å². The van der Waals surface area contributed by atoms with Crippen molar-refractivity contribution < 1.29 is 0 Å². The lowest BCUT2D eigenvalue weighted by Crippen LogP contribution is -2.49. The van der Waals surface area contributed by atoms with Gasteiger partial charge < -0.3 is 10.2 Å². The highest BCUT2D eigenvalue weighted by Crippen LogP contribution is 2.28. The maximum Gasteiger partial charge on any atom is 0.156 e. The van der Waals surface area contributed by atoms with Crippen molar-refractivity contribution in [3.63, 3.8) is 0 Å². The molecule has 0 aromatic carbocycles. The number of rotatable bonds is 1. The molecule has 2 atom stereocenters. The number of piperidine rings is 1. The molecule has 17 heavy (non-hydrogen) atoms. The largest absolute Gasteiger partial charge is 0.362 e. The van der Waals surface area contributed by atoms with Gasteiger partial charge >= 0.3 is 0 Å². The van der Waals surface area contributed by atoms with E-state index in [0.29, 0.717) is 17.4 Å². The van der Waals surface area contributed by atoms with Gasteiger partial charge in [0.15, 0.2) is 5.17 Å². The summed E-state index contributed by atoms with van der Waals surface area (Å²) in [6, 6.07) is 0.610. The number of likely N-dealkylation sites (tertiary alicyclic amines) is 1. The fourth-order valence-electron chi connectivity index (χ4n) is 2.46. The average Bonchev–Trinajstić information content (AvgIpc) is 2.25. The van der Waals surface area contributed by atoms with E-state index in [0.717, 1.165) is 6.54 Å². The summed E-state index contributed by atoms with van der Waals surface area (Å²) < 4.78 is 0. The van der Waals surface area contributed by atoms with Crippen LogP contribution >= 0.6 is 11.8 Å². The summed E-state index contributed by atoms with van der Waals surface area (Å²) in [5.74, 6) is 1.90. The van der Waals surface area contributed by atoms with Crippen molar-refractivity contribution in [3.8, 4) is 0 Å². The molecule has 98 valence electrons. The van der Waals surface area contributed by atoms with E-state index in [9.17, 15) is 0 Å². The molecule has 0 aromatic heterocycles. The van der Waals surface area contributed by atoms with Gasteiger partial charge in [0.2, 0.25) is 0 Å². The maximum atomic E-state index is 4.68. The molecule has 0 aliphatic carbocycles. The van der Waals surface area contributed by atoms with Crippen molar-refractivity contribution in [1.82, 2.24) is 10.2 Å². The molecule has 0 bridgehead atoms. The van der Waals surface area contributed by atoms with Crippen LogP contribution in [0.4, 0.5) is 0 Å². The molecule has 2 aliphatic heterocycles. The molecule has 1 saturated heterocycles. The van der Waals surface area contributed by atoms with Gasteiger partial charge in [-0.05, 0) is 31.3 Å². The summed E-state index contributed by atoms with van der Waals surface area (Å²) in [6.07, 6.45) is 1.24. The number of nitrogens with one attached hydrogen (secondary N) is 1. The number of hydrogen-bond acceptors (Lipinski definition) is 4. The summed E-state index contributed by atoms with van der Waals surface area (Å²) in [5, 5.41) is 4.82. The first-order chi connectivity index (χ1) is 7.96. The lowest BCUT2D eigenvalue weighted by atomic mass is 9.94. The molecule has 0 radical (unpaired) electrons. The Morgan fingerprint density at radius 1 is 1.47 bits per heavy atom. The van der Waals surface area contributed by atoms with Crippen LogP contribution in [-0.2, 0) is 0 Å². The van der Waals surface area contributed by atoms with E-state index in [1.165, 1.54) is 30.4 Å². The van der Waals surface area contributed by atoms with Crippen LogP contribution in [0.2, 0.25) is 0 Å². The van der Waals surface area contributed by atoms with E-state index >= 15 is 0 Å². The Morgan fingerprint density at radius 2 is 2.24 bits per heavy atom. The molecule has 0 amide bonds. The SMILES string of the molecule is CC1CN(C)CCC1NC1=NCC(C)(C)CS1. The Hall–Kier alpha value is -0.220. The minimum absolute atomic E-state index is 0.369. The zero-order chi connectivity index (χ0) is 12.5. The van der Waals surface area contributed by atoms with Crippen LogP contribution in [0.25, 0.3) is 0 Å². The van der Waals surface area contributed by atoms with Gasteiger partial charge in [0, 0.05) is 24.9 Å². The second-order valence-corrected chi connectivity index (χ2v) is 7.32. The van der Waals surface area contributed by atoms with Crippen molar-refractivity contribution in [2.24, 2.45) is 16.3 Å². The van der Waals surface area contributed by atoms with Crippen molar-refractivity contribution >= 4 is 16.9 Å². The van der Waals surface area contributed by atoms with Crippen LogP contribution in [0, 0.1) is 11.3 Å². The van der Waals surface area contributed by atoms with Crippen LogP contribution in [-0.4, -0.2) is 48.5 Å². The summed E-state index contributed by atoms with van der Waals surface area (Å²) in [4.78, 5) is 7.10. The molecule has 0 saturated carbocycles. The maximum absolute atomic E-state index is 4.68. The fourth-order valence-corrected chi connectivity index (χ4v) is 3.46. The first-order valence-corrected chi connectivity index (χ1v) is 7.57. The standard InChI is InChI=1S/C13H25N3S/c1-10-7-16(4)6-5-11(10)15-12-14-8-13(2,3)9-17-12/h10-11H,5-9H2,1-4H3,(H,14,15). The molecular weight excluding hydrogens is 230 g/mol. The molecular formula is C13H25N3S. The van der Waals surface area contributed by atoms with Crippen molar-refractivity contribution in [2.45, 2.75) is 33.2 Å². The van der Waals surface area contributed by atoms with Crippen molar-refractivity contribution in [3.05, 3.63) is 0 Å². The lowest BCUT2D eigenvalue weighted by Gasteiger charge is -2.37. The molecule has 4 heteroatoms. The minimum atomic E-state index is 0.369. The van der Waals surface area contributed by atoms with Gasteiger partial charge in [0.1, 0.15) is 0 Å². The normalized spacial score (nSPS) is 34.2. The predicted molar refractivity (Wildman–Crippen MR) is 76.7 cm³/mol. The second kappa shape index (κ2) is 5.19. The van der Waals surface area contributed by atoms with Crippen LogP contribution in [0.1, 0.15) is 27.2 Å². The Balaban J connectivity index is 1.87. The van der Waals surface area contributed by atoms with Crippen molar-refractivity contribution in [2.75, 3.05) is 32.4 Å². The molecule has 2 heterocycles. The number of nitrogens with zero attached hydrogens (tertiary/aromatic N) is 2. The summed E-state index contributed by atoms with van der Waals surface area (Å²) in [6.45, 7) is 10.3. The van der Waals surface area contributed by atoms with E-state index < -0.39 is 0 Å². The Kier molecular flexibility index (Phi) is 4.03. The molecule has 2 aliphatic rings. The predicted octanol–water partition coefficient (Wildman–Crippen LogP) is 2.05. The van der Waals surface area contributed by atoms with Gasteiger partial charge in [-0.3, -0.25) is 4.99 Å². The van der Waals surface area contributed by atoms with E-state index in [4.69, 9.17) is 0 Å². The third kappa shape index (κ3) is 3.62. The first kappa shape index (κ1) is 13.2. The van der Waals surface area contributed by atoms with Gasteiger partial charge in [-0.1, -0.05) is 32.5 Å². The number of aliphatic imine (C=N–C) groups is 1. The number of hydrogen-bond donors (Lipinski definition) is 1. The Morgan fingerprint density at radius 3 is 2.82 bits per heavy atom. The topological polar surface area (TPSA) is 27.6 Å². The van der Waals surface area contributed by atoms with Gasteiger partial charge in [-0.15, -0.1) is 0 Å². The highest BCUT2D eigenvalue weighted by Gasteiger charge is 2.28. The first-order valence-electron chi connectivity index (χ1n) is 6.59. The zero-order valence-corrected chi connectivity index (χ0v) is 12.3. The summed E-state index contributed by atoms with van der Waals surface area (Å²) >= 11 is 1.89. The Labute approximate surface area is 109 Å². The molecule has 1 N–H and O–H groups in total. The minimum Gasteiger partial charge on any atom is -0.362 e. The highest BCUT2D eigenvalue weighted by molar-refractivity contribution is 8.13. The van der Waals surface area contributed by atoms with E-state index in [2.05, 4.69) is 43.0 Å². The highest BCUT2D eigenvalue weighted by atomic mass is 32.2. The Bertz CT molecular complexity index is 301. The molecule has 0 spiro atoms. The molecule has 2 unspecified atom stereocenters. The van der Waals surface area contributed by atoms with Gasteiger partial charge in [-0.25, -0.2) is 0 Å². The van der Waals surface area contributed by atoms with Gasteiger partial charge in [0.25, 0.3) is 0 Å². The van der Waals surface area contributed by atoms with Crippen LogP contribution in [0.3, 0.4) is 0 Å². The molecule has 0 aromatic rings.